The molecule has 0 aliphatic rings. The van der Waals surface area contributed by atoms with Gasteiger partial charge in [-0.05, 0) is 49.3 Å². The highest BCUT2D eigenvalue weighted by Gasteiger charge is 2.13. The maximum Gasteiger partial charge on any atom is 0.169 e. The molecule has 2 nitrogen and oxygen atoms in total. The van der Waals surface area contributed by atoms with Crippen LogP contribution < -0.4 is 5.32 Å². The van der Waals surface area contributed by atoms with Gasteiger partial charge in [0.1, 0.15) is 5.82 Å². The zero-order chi connectivity index (χ0) is 15.9. The van der Waals surface area contributed by atoms with Crippen LogP contribution in [0.15, 0.2) is 54.6 Å². The van der Waals surface area contributed by atoms with Crippen molar-refractivity contribution < 1.29 is 4.39 Å². The average molecular weight is 316 g/mol. The van der Waals surface area contributed by atoms with Gasteiger partial charge in [-0.2, -0.15) is 0 Å². The normalized spacial score (nSPS) is 10.5. The first-order chi connectivity index (χ1) is 10.6. The fraction of sp³-hybridized carbons (Fsp3) is 0.278. The Bertz CT molecular complexity index is 596. The highest BCUT2D eigenvalue weighted by molar-refractivity contribution is 7.80. The molecule has 0 unspecified atom stereocenters. The molecule has 0 aliphatic carbocycles. The van der Waals surface area contributed by atoms with Gasteiger partial charge in [0.2, 0.25) is 0 Å². The third-order valence-electron chi connectivity index (χ3n) is 3.44. The van der Waals surface area contributed by atoms with E-state index < -0.39 is 0 Å². The Balaban J connectivity index is 1.96. The van der Waals surface area contributed by atoms with Crippen LogP contribution in [0.25, 0.3) is 0 Å². The molecule has 2 aromatic rings. The lowest BCUT2D eigenvalue weighted by Gasteiger charge is -2.30. The second-order valence-electron chi connectivity index (χ2n) is 5.49. The van der Waals surface area contributed by atoms with Crippen molar-refractivity contribution in [3.63, 3.8) is 0 Å². The molecule has 0 radical (unpaired) electrons. The summed E-state index contributed by atoms with van der Waals surface area (Å²) in [7, 11) is 0. The molecule has 2 aromatic carbocycles. The minimum atomic E-state index is -0.223. The Morgan fingerprint density at radius 3 is 2.27 bits per heavy atom. The van der Waals surface area contributed by atoms with E-state index >= 15 is 0 Å². The van der Waals surface area contributed by atoms with Crippen molar-refractivity contribution >= 4 is 17.3 Å². The van der Waals surface area contributed by atoms with E-state index in [9.17, 15) is 4.39 Å². The Hall–Kier alpha value is -1.94. The Morgan fingerprint density at radius 2 is 1.68 bits per heavy atom. The molecule has 116 valence electrons. The van der Waals surface area contributed by atoms with Crippen LogP contribution in [0.3, 0.4) is 0 Å². The number of hydrogen-bond acceptors (Lipinski definition) is 1. The van der Waals surface area contributed by atoms with Crippen LogP contribution in [-0.2, 0) is 13.1 Å². The third kappa shape index (κ3) is 4.81. The second-order valence-corrected chi connectivity index (χ2v) is 5.88. The number of benzene rings is 2. The van der Waals surface area contributed by atoms with Gasteiger partial charge in [-0.1, -0.05) is 42.5 Å². The minimum Gasteiger partial charge on any atom is -0.358 e. The van der Waals surface area contributed by atoms with Crippen LogP contribution >= 0.6 is 12.2 Å². The van der Waals surface area contributed by atoms with Gasteiger partial charge in [-0.25, -0.2) is 4.39 Å². The summed E-state index contributed by atoms with van der Waals surface area (Å²) in [5.41, 5.74) is 2.23. The molecule has 0 bridgehead atoms. The number of nitrogens with one attached hydrogen (secondary N) is 1. The molecule has 2 rings (SSSR count). The van der Waals surface area contributed by atoms with Gasteiger partial charge in [0.25, 0.3) is 0 Å². The molecule has 0 saturated carbocycles. The molecule has 0 spiro atoms. The van der Waals surface area contributed by atoms with Crippen LogP contribution in [0.5, 0.6) is 0 Å². The first kappa shape index (κ1) is 16.4. The van der Waals surface area contributed by atoms with Gasteiger partial charge in [-0.3, -0.25) is 0 Å². The van der Waals surface area contributed by atoms with E-state index in [1.54, 1.807) is 12.1 Å². The van der Waals surface area contributed by atoms with Crippen LogP contribution in [0.2, 0.25) is 0 Å². The SMILES string of the molecule is CC(C)N(Cc1ccccc1)C(=S)NCc1ccc(F)cc1. The number of halogens is 1. The summed E-state index contributed by atoms with van der Waals surface area (Å²) >= 11 is 5.52. The lowest BCUT2D eigenvalue weighted by atomic mass is 10.2. The van der Waals surface area contributed by atoms with Crippen LogP contribution in [0, 0.1) is 5.82 Å². The maximum atomic E-state index is 12.9. The van der Waals surface area contributed by atoms with Gasteiger partial charge >= 0.3 is 0 Å². The molecule has 0 saturated heterocycles. The average Bonchev–Trinajstić information content (AvgIpc) is 2.52. The zero-order valence-electron chi connectivity index (χ0n) is 12.9. The molecule has 22 heavy (non-hydrogen) atoms. The van der Waals surface area contributed by atoms with Gasteiger partial charge in [0.05, 0.1) is 0 Å². The maximum absolute atomic E-state index is 12.9. The second kappa shape index (κ2) is 7.90. The highest BCUT2D eigenvalue weighted by atomic mass is 32.1. The van der Waals surface area contributed by atoms with E-state index in [0.717, 1.165) is 12.1 Å². The summed E-state index contributed by atoms with van der Waals surface area (Å²) in [5.74, 6) is -0.223. The summed E-state index contributed by atoms with van der Waals surface area (Å²) in [4.78, 5) is 2.15. The van der Waals surface area contributed by atoms with Crippen molar-refractivity contribution in [1.82, 2.24) is 10.2 Å². The van der Waals surface area contributed by atoms with E-state index in [1.165, 1.54) is 17.7 Å². The quantitative estimate of drug-likeness (QED) is 0.836. The van der Waals surface area contributed by atoms with Crippen molar-refractivity contribution in [2.24, 2.45) is 0 Å². The van der Waals surface area contributed by atoms with Crippen molar-refractivity contribution in [2.45, 2.75) is 33.0 Å². The van der Waals surface area contributed by atoms with Crippen LogP contribution in [0.4, 0.5) is 4.39 Å². The number of rotatable bonds is 5. The molecule has 1 N–H and O–H groups in total. The van der Waals surface area contributed by atoms with E-state index in [1.807, 2.05) is 18.2 Å². The van der Waals surface area contributed by atoms with Crippen molar-refractivity contribution in [2.75, 3.05) is 0 Å². The van der Waals surface area contributed by atoms with Gasteiger partial charge in [0, 0.05) is 19.1 Å². The van der Waals surface area contributed by atoms with E-state index in [2.05, 4.69) is 36.2 Å². The molecule has 0 atom stereocenters. The van der Waals surface area contributed by atoms with E-state index in [-0.39, 0.29) is 5.82 Å². The topological polar surface area (TPSA) is 15.3 Å². The molecule has 0 aromatic heterocycles. The van der Waals surface area contributed by atoms with Gasteiger partial charge in [0.15, 0.2) is 5.11 Å². The first-order valence-electron chi connectivity index (χ1n) is 7.39. The number of hydrogen-bond donors (Lipinski definition) is 1. The number of nitrogens with zero attached hydrogens (tertiary/aromatic N) is 1. The van der Waals surface area contributed by atoms with Crippen molar-refractivity contribution in [3.05, 3.63) is 71.5 Å². The van der Waals surface area contributed by atoms with Crippen molar-refractivity contribution in [3.8, 4) is 0 Å². The predicted octanol–water partition coefficient (Wildman–Crippen LogP) is 4.11. The Kier molecular flexibility index (Phi) is 5.90. The van der Waals surface area contributed by atoms with Crippen LogP contribution in [-0.4, -0.2) is 16.1 Å². The largest absolute Gasteiger partial charge is 0.358 e. The first-order valence-corrected chi connectivity index (χ1v) is 7.80. The molecule has 0 fully saturated rings. The molecular weight excluding hydrogens is 295 g/mol. The Labute approximate surface area is 137 Å². The molecule has 0 amide bonds. The van der Waals surface area contributed by atoms with Crippen LogP contribution in [0.1, 0.15) is 25.0 Å². The van der Waals surface area contributed by atoms with Gasteiger partial charge in [-0.15, -0.1) is 0 Å². The Morgan fingerprint density at radius 1 is 1.05 bits per heavy atom. The third-order valence-corrected chi connectivity index (χ3v) is 3.82. The van der Waals surface area contributed by atoms with Gasteiger partial charge < -0.3 is 10.2 Å². The van der Waals surface area contributed by atoms with E-state index in [4.69, 9.17) is 12.2 Å². The molecular formula is C18H21FN2S. The molecule has 0 aliphatic heterocycles. The monoisotopic (exact) mass is 316 g/mol. The standard InChI is InChI=1S/C18H21FN2S/c1-14(2)21(13-16-6-4-3-5-7-16)18(22)20-12-15-8-10-17(19)11-9-15/h3-11,14H,12-13H2,1-2H3,(H,20,22). The fourth-order valence-corrected chi connectivity index (χ4v) is 2.50. The summed E-state index contributed by atoms with van der Waals surface area (Å²) in [6, 6.07) is 17.0. The summed E-state index contributed by atoms with van der Waals surface area (Å²) in [6.45, 7) is 5.61. The summed E-state index contributed by atoms with van der Waals surface area (Å²) in [6.07, 6.45) is 0. The molecule has 0 heterocycles. The van der Waals surface area contributed by atoms with E-state index in [0.29, 0.717) is 17.7 Å². The lowest BCUT2D eigenvalue weighted by molar-refractivity contribution is 0.337. The summed E-state index contributed by atoms with van der Waals surface area (Å²) < 4.78 is 12.9. The minimum absolute atomic E-state index is 0.223. The zero-order valence-corrected chi connectivity index (χ0v) is 13.7. The fourth-order valence-electron chi connectivity index (χ4n) is 2.15. The summed E-state index contributed by atoms with van der Waals surface area (Å²) in [5, 5.41) is 3.97. The lowest BCUT2D eigenvalue weighted by Crippen LogP contribution is -2.42. The highest BCUT2D eigenvalue weighted by Crippen LogP contribution is 2.09. The predicted molar refractivity (Wildman–Crippen MR) is 93.0 cm³/mol. The number of thiocarbonyl (C=S) groups is 1. The smallest absolute Gasteiger partial charge is 0.169 e. The van der Waals surface area contributed by atoms with Crippen molar-refractivity contribution in [1.29, 1.82) is 0 Å². The molecule has 4 heteroatoms.